The smallest absolute Gasteiger partial charge is 0.271 e. The molecule has 0 saturated heterocycles. The molecule has 0 bridgehead atoms. The summed E-state index contributed by atoms with van der Waals surface area (Å²) in [4.78, 5) is 11.2. The van der Waals surface area contributed by atoms with Gasteiger partial charge in [0.05, 0.1) is 6.42 Å². The monoisotopic (exact) mass is 294 g/mol. The summed E-state index contributed by atoms with van der Waals surface area (Å²) in [5.41, 5.74) is 2.00. The first-order valence-corrected chi connectivity index (χ1v) is 7.90. The van der Waals surface area contributed by atoms with E-state index in [0.717, 1.165) is 22.6 Å². The topological polar surface area (TPSA) is 75.3 Å². The van der Waals surface area contributed by atoms with Crippen LogP contribution in [-0.2, 0) is 21.2 Å². The second kappa shape index (κ2) is 4.36. The Morgan fingerprint density at radius 2 is 2.11 bits per heavy atom. The number of sulfonamides is 1. The zero-order valence-corrected chi connectivity index (χ0v) is 11.3. The van der Waals surface area contributed by atoms with Crippen LogP contribution < -0.4 is 10.0 Å². The van der Waals surface area contributed by atoms with Crippen molar-refractivity contribution in [2.45, 2.75) is 10.6 Å². The average molecular weight is 294 g/mol. The molecule has 0 spiro atoms. The van der Waals surface area contributed by atoms with Crippen LogP contribution in [0, 0.1) is 0 Å². The van der Waals surface area contributed by atoms with Crippen LogP contribution >= 0.6 is 11.3 Å². The average Bonchev–Trinajstić information content (AvgIpc) is 2.95. The van der Waals surface area contributed by atoms with Gasteiger partial charge in [0.1, 0.15) is 4.21 Å². The van der Waals surface area contributed by atoms with Gasteiger partial charge in [-0.05, 0) is 35.2 Å². The summed E-state index contributed by atoms with van der Waals surface area (Å²) in [5.74, 6) is -0.0757. The van der Waals surface area contributed by atoms with Gasteiger partial charge in [0.15, 0.2) is 0 Å². The van der Waals surface area contributed by atoms with Crippen LogP contribution in [-0.4, -0.2) is 14.3 Å². The highest BCUT2D eigenvalue weighted by atomic mass is 32.2. The second-order valence-corrected chi connectivity index (χ2v) is 6.99. The van der Waals surface area contributed by atoms with E-state index in [1.54, 1.807) is 35.7 Å². The summed E-state index contributed by atoms with van der Waals surface area (Å²) >= 11 is 1.16. The van der Waals surface area contributed by atoms with E-state index in [9.17, 15) is 13.2 Å². The lowest BCUT2D eigenvalue weighted by Crippen LogP contribution is -2.11. The van der Waals surface area contributed by atoms with Crippen LogP contribution in [0.2, 0.25) is 0 Å². The molecule has 1 aliphatic heterocycles. The number of hydrogen-bond donors (Lipinski definition) is 2. The Hall–Kier alpha value is -1.86. The van der Waals surface area contributed by atoms with Gasteiger partial charge in [-0.1, -0.05) is 6.07 Å². The molecule has 2 heterocycles. The summed E-state index contributed by atoms with van der Waals surface area (Å²) in [6.07, 6.45) is 0.282. The largest absolute Gasteiger partial charge is 0.326 e. The number of fused-ring (bicyclic) bond motifs is 1. The molecule has 5 nitrogen and oxygen atoms in total. The van der Waals surface area contributed by atoms with Gasteiger partial charge >= 0.3 is 0 Å². The van der Waals surface area contributed by atoms with Crippen molar-refractivity contribution in [2.24, 2.45) is 0 Å². The third-order valence-electron chi connectivity index (χ3n) is 2.74. The molecule has 19 heavy (non-hydrogen) atoms. The molecule has 98 valence electrons. The fraction of sp³-hybridized carbons (Fsp3) is 0.0833. The Morgan fingerprint density at radius 1 is 1.26 bits per heavy atom. The zero-order chi connectivity index (χ0) is 13.5. The van der Waals surface area contributed by atoms with Gasteiger partial charge in [-0.25, -0.2) is 8.42 Å². The van der Waals surface area contributed by atoms with E-state index in [2.05, 4.69) is 10.0 Å². The van der Waals surface area contributed by atoms with Crippen LogP contribution in [0.4, 0.5) is 11.4 Å². The molecule has 7 heteroatoms. The van der Waals surface area contributed by atoms with E-state index >= 15 is 0 Å². The number of benzene rings is 1. The van der Waals surface area contributed by atoms with Crippen LogP contribution in [0.25, 0.3) is 0 Å². The number of thiophene rings is 1. The standard InChI is InChI=1S/C12H10N2O3S2/c15-11-7-8-6-9(3-4-10(8)13-11)14-19(16,17)12-2-1-5-18-12/h1-6,14H,7H2,(H,13,15). The maximum Gasteiger partial charge on any atom is 0.271 e. The second-order valence-electron chi connectivity index (χ2n) is 4.13. The first-order valence-electron chi connectivity index (χ1n) is 5.54. The molecule has 0 radical (unpaired) electrons. The summed E-state index contributed by atoms with van der Waals surface area (Å²) in [6.45, 7) is 0. The van der Waals surface area contributed by atoms with Crippen molar-refractivity contribution in [3.63, 3.8) is 0 Å². The van der Waals surface area contributed by atoms with Gasteiger partial charge in [0.25, 0.3) is 10.0 Å². The van der Waals surface area contributed by atoms with E-state index in [1.807, 2.05) is 0 Å². The predicted molar refractivity (Wildman–Crippen MR) is 73.9 cm³/mol. The van der Waals surface area contributed by atoms with Crippen molar-refractivity contribution >= 4 is 38.6 Å². The van der Waals surface area contributed by atoms with Crippen molar-refractivity contribution in [1.29, 1.82) is 0 Å². The fourth-order valence-corrected chi connectivity index (χ4v) is 3.96. The SMILES string of the molecule is O=C1Cc2cc(NS(=O)(=O)c3cccs3)ccc2N1. The van der Waals surface area contributed by atoms with Crippen LogP contribution in [0.3, 0.4) is 0 Å². The fourth-order valence-electron chi connectivity index (χ4n) is 1.91. The lowest BCUT2D eigenvalue weighted by atomic mass is 10.1. The first kappa shape index (κ1) is 12.2. The highest BCUT2D eigenvalue weighted by Gasteiger charge is 2.20. The van der Waals surface area contributed by atoms with Gasteiger partial charge < -0.3 is 5.32 Å². The number of anilines is 2. The molecular weight excluding hydrogens is 284 g/mol. The van der Waals surface area contributed by atoms with E-state index < -0.39 is 10.0 Å². The summed E-state index contributed by atoms with van der Waals surface area (Å²) < 4.78 is 26.9. The number of nitrogens with one attached hydrogen (secondary N) is 2. The molecule has 0 aliphatic carbocycles. The molecule has 0 unspecified atom stereocenters. The number of hydrogen-bond acceptors (Lipinski definition) is 4. The molecule has 0 saturated carbocycles. The third kappa shape index (κ3) is 2.34. The quantitative estimate of drug-likeness (QED) is 0.909. The van der Waals surface area contributed by atoms with Crippen molar-refractivity contribution in [3.8, 4) is 0 Å². The Labute approximate surface area is 114 Å². The van der Waals surface area contributed by atoms with E-state index in [0.29, 0.717) is 5.69 Å². The van der Waals surface area contributed by atoms with E-state index in [1.165, 1.54) is 0 Å². The lowest BCUT2D eigenvalue weighted by molar-refractivity contribution is -0.115. The molecule has 1 aromatic heterocycles. The minimum Gasteiger partial charge on any atom is -0.326 e. The molecule has 0 atom stereocenters. The molecule has 1 aromatic carbocycles. The Morgan fingerprint density at radius 3 is 2.84 bits per heavy atom. The normalized spacial score (nSPS) is 14.0. The van der Waals surface area contributed by atoms with Crippen molar-refractivity contribution in [1.82, 2.24) is 0 Å². The van der Waals surface area contributed by atoms with Gasteiger partial charge in [-0.2, -0.15) is 0 Å². The highest BCUT2D eigenvalue weighted by molar-refractivity contribution is 7.94. The maximum atomic E-state index is 12.0. The number of amides is 1. The zero-order valence-electron chi connectivity index (χ0n) is 9.71. The molecular formula is C12H10N2O3S2. The summed E-state index contributed by atoms with van der Waals surface area (Å²) in [7, 11) is -3.54. The summed E-state index contributed by atoms with van der Waals surface area (Å²) in [6, 6.07) is 8.25. The van der Waals surface area contributed by atoms with Crippen molar-refractivity contribution < 1.29 is 13.2 Å². The molecule has 2 N–H and O–H groups in total. The van der Waals surface area contributed by atoms with Gasteiger partial charge in [0.2, 0.25) is 5.91 Å². The molecule has 1 amide bonds. The minimum absolute atomic E-state index is 0.0757. The van der Waals surface area contributed by atoms with Crippen LogP contribution in [0.15, 0.2) is 39.9 Å². The van der Waals surface area contributed by atoms with E-state index in [4.69, 9.17) is 0 Å². The van der Waals surface area contributed by atoms with Crippen LogP contribution in [0.1, 0.15) is 5.56 Å². The maximum absolute atomic E-state index is 12.0. The Bertz CT molecular complexity index is 736. The molecule has 3 rings (SSSR count). The Kier molecular flexibility index (Phi) is 2.79. The van der Waals surface area contributed by atoms with Crippen LogP contribution in [0.5, 0.6) is 0 Å². The molecule has 1 aliphatic rings. The first-order chi connectivity index (χ1) is 9.04. The van der Waals surface area contributed by atoms with Gasteiger partial charge in [-0.3, -0.25) is 9.52 Å². The van der Waals surface area contributed by atoms with Crippen molar-refractivity contribution in [2.75, 3.05) is 10.0 Å². The molecule has 2 aromatic rings. The highest BCUT2D eigenvalue weighted by Crippen LogP contribution is 2.27. The van der Waals surface area contributed by atoms with Crippen molar-refractivity contribution in [3.05, 3.63) is 41.3 Å². The van der Waals surface area contributed by atoms with E-state index in [-0.39, 0.29) is 16.5 Å². The minimum atomic E-state index is -3.54. The van der Waals surface area contributed by atoms with Gasteiger partial charge in [0, 0.05) is 11.4 Å². The predicted octanol–water partition coefficient (Wildman–Crippen LogP) is 2.04. The lowest BCUT2D eigenvalue weighted by Gasteiger charge is -2.07. The number of rotatable bonds is 3. The number of carbonyl (C=O) groups is 1. The van der Waals surface area contributed by atoms with Gasteiger partial charge in [-0.15, -0.1) is 11.3 Å². The molecule has 0 fully saturated rings. The number of carbonyl (C=O) groups excluding carboxylic acids is 1. The Balaban J connectivity index is 1.89. The third-order valence-corrected chi connectivity index (χ3v) is 5.52. The summed E-state index contributed by atoms with van der Waals surface area (Å²) in [5, 5.41) is 4.41.